The number of aromatic amines is 1. The maximum absolute atomic E-state index is 14.2. The summed E-state index contributed by atoms with van der Waals surface area (Å²) in [5, 5.41) is 52.3. The number of aliphatic imine (C=N–C) groups is 1. The Kier molecular flexibility index (Phi) is 18.8. The highest BCUT2D eigenvalue weighted by molar-refractivity contribution is 5.97. The maximum Gasteiger partial charge on any atom is 0.326 e. The van der Waals surface area contributed by atoms with Crippen LogP contribution in [0.15, 0.2) is 47.8 Å². The second-order valence-corrected chi connectivity index (χ2v) is 14.4. The number of carboxylic acid groups (broad SMARTS) is 1. The molecule has 1 aliphatic heterocycles. The van der Waals surface area contributed by atoms with E-state index in [1.807, 2.05) is 0 Å². The second-order valence-electron chi connectivity index (χ2n) is 14.4. The minimum atomic E-state index is -1.72. The smallest absolute Gasteiger partial charge is 0.326 e. The molecular weight excluding hydrogens is 788 g/mol. The summed E-state index contributed by atoms with van der Waals surface area (Å²) in [7, 11) is 0. The molecule has 6 amide bonds. The van der Waals surface area contributed by atoms with Crippen molar-refractivity contribution in [1.82, 2.24) is 41.5 Å². The number of nitrogens with one attached hydrogen (secondary N) is 6. The molecule has 23 nitrogen and oxygen atoms in total. The van der Waals surface area contributed by atoms with Gasteiger partial charge in [-0.3, -0.25) is 33.8 Å². The molecule has 1 aliphatic rings. The van der Waals surface area contributed by atoms with Crippen molar-refractivity contribution in [3.05, 3.63) is 54.1 Å². The van der Waals surface area contributed by atoms with Crippen molar-refractivity contribution in [2.45, 2.75) is 107 Å². The first-order chi connectivity index (χ1) is 28.4. The number of carbonyl (C=O) groups is 7. The largest absolute Gasteiger partial charge is 0.480 e. The Bertz CT molecular complexity index is 1790. The van der Waals surface area contributed by atoms with E-state index in [0.29, 0.717) is 17.7 Å². The third kappa shape index (κ3) is 14.6. The molecule has 0 aliphatic carbocycles. The van der Waals surface area contributed by atoms with Gasteiger partial charge in [-0.1, -0.05) is 30.3 Å². The first-order valence-corrected chi connectivity index (χ1v) is 19.3. The van der Waals surface area contributed by atoms with Gasteiger partial charge in [-0.2, -0.15) is 0 Å². The number of guanidine groups is 1. The van der Waals surface area contributed by atoms with E-state index in [1.54, 1.807) is 30.3 Å². The number of aromatic nitrogens is 2. The summed E-state index contributed by atoms with van der Waals surface area (Å²) in [6, 6.07) is -1.58. The molecule has 0 spiro atoms. The van der Waals surface area contributed by atoms with Crippen LogP contribution in [-0.2, 0) is 46.4 Å². The van der Waals surface area contributed by atoms with Gasteiger partial charge in [-0.05, 0) is 45.1 Å². The molecule has 23 heteroatoms. The fourth-order valence-corrected chi connectivity index (χ4v) is 6.34. The number of amides is 6. The van der Waals surface area contributed by atoms with Crippen LogP contribution in [0.5, 0.6) is 0 Å². The zero-order valence-corrected chi connectivity index (χ0v) is 33.3. The van der Waals surface area contributed by atoms with Crippen LogP contribution in [0.1, 0.15) is 50.8 Å². The third-order valence-corrected chi connectivity index (χ3v) is 9.57. The number of nitrogens with zero attached hydrogens (tertiary/aromatic N) is 3. The molecule has 0 bridgehead atoms. The van der Waals surface area contributed by atoms with Crippen LogP contribution in [0, 0.1) is 0 Å². The quantitative estimate of drug-likeness (QED) is 0.0283. The van der Waals surface area contributed by atoms with E-state index in [2.05, 4.69) is 41.5 Å². The first kappa shape index (κ1) is 48.2. The Hall–Kier alpha value is -6.17. The van der Waals surface area contributed by atoms with Crippen LogP contribution in [-0.4, -0.2) is 157 Å². The van der Waals surface area contributed by atoms with Crippen molar-refractivity contribution in [1.29, 1.82) is 0 Å². The molecule has 1 aromatic heterocycles. The first-order valence-electron chi connectivity index (χ1n) is 19.3. The monoisotopic (exact) mass is 844 g/mol. The third-order valence-electron chi connectivity index (χ3n) is 9.57. The van der Waals surface area contributed by atoms with Gasteiger partial charge in [0.15, 0.2) is 5.96 Å². The minimum absolute atomic E-state index is 0.00357. The summed E-state index contributed by atoms with van der Waals surface area (Å²) >= 11 is 0. The average molecular weight is 845 g/mol. The van der Waals surface area contributed by atoms with Gasteiger partial charge >= 0.3 is 5.97 Å². The van der Waals surface area contributed by atoms with Gasteiger partial charge in [0, 0.05) is 37.8 Å². The number of imidazole rings is 1. The zero-order chi connectivity index (χ0) is 44.5. The van der Waals surface area contributed by atoms with Crippen molar-refractivity contribution in [3.8, 4) is 0 Å². The Labute approximate surface area is 345 Å². The second kappa shape index (κ2) is 23.4. The van der Waals surface area contributed by atoms with Crippen LogP contribution in [0.25, 0.3) is 0 Å². The molecule has 1 aromatic carbocycles. The average Bonchev–Trinajstić information content (AvgIpc) is 3.92. The van der Waals surface area contributed by atoms with Crippen LogP contribution < -0.4 is 43.8 Å². The Morgan fingerprint density at radius 2 is 1.48 bits per heavy atom. The molecule has 0 unspecified atom stereocenters. The van der Waals surface area contributed by atoms with E-state index in [9.17, 15) is 54.0 Å². The Balaban J connectivity index is 1.84. The molecule has 0 radical (unpaired) electrons. The molecule has 1 saturated heterocycles. The van der Waals surface area contributed by atoms with Crippen molar-refractivity contribution in [2.24, 2.45) is 22.2 Å². The van der Waals surface area contributed by atoms with Crippen LogP contribution >= 0.6 is 0 Å². The molecular formula is C37H56N12O11. The molecule has 9 atom stereocenters. The highest BCUT2D eigenvalue weighted by atomic mass is 16.4. The lowest BCUT2D eigenvalue weighted by Gasteiger charge is -2.31. The highest BCUT2D eigenvalue weighted by Gasteiger charge is 2.41. The minimum Gasteiger partial charge on any atom is -0.480 e. The van der Waals surface area contributed by atoms with E-state index >= 15 is 0 Å². The summed E-state index contributed by atoms with van der Waals surface area (Å²) in [5.41, 5.74) is 17.2. The Morgan fingerprint density at radius 3 is 2.03 bits per heavy atom. The van der Waals surface area contributed by atoms with E-state index in [-0.39, 0.29) is 51.2 Å². The van der Waals surface area contributed by atoms with Gasteiger partial charge in [-0.25, -0.2) is 9.78 Å². The summed E-state index contributed by atoms with van der Waals surface area (Å²) in [6.45, 7) is 1.89. The standard InChI is InChI=1S/C37H56N12O11/c1-19(51)28(47-30(53)23(38)17-50)33(56)45-25(14-21-8-4-3-5-9-21)31(54)48-29(20(2)52)34(57)46-26(15-22-16-41-18-43-22)35(58)49-13-7-11-27(49)32(55)44-24(36(59)60)10-6-12-42-37(39)40/h3-5,8-9,16,18-20,23-29,50-52H,6-7,10-15,17,38H2,1-2H3,(H,41,43)(H,44,55)(H,45,56)(H,46,57)(H,47,53)(H,48,54)(H,59,60)(H4,39,40,42)/t19-,20-,23+,24+,25+,26+,27+,28+,29+/m1/s1. The van der Waals surface area contributed by atoms with Gasteiger partial charge in [0.1, 0.15) is 42.3 Å². The van der Waals surface area contributed by atoms with Gasteiger partial charge in [0.25, 0.3) is 0 Å². The molecule has 3 rings (SSSR count). The van der Waals surface area contributed by atoms with Gasteiger partial charge in [-0.15, -0.1) is 0 Å². The molecule has 0 saturated carbocycles. The molecule has 2 aromatic rings. The fourth-order valence-electron chi connectivity index (χ4n) is 6.34. The number of likely N-dealkylation sites (tertiary alicyclic amines) is 1. The number of carbonyl (C=O) groups excluding carboxylic acids is 6. The number of aliphatic hydroxyl groups excluding tert-OH is 3. The lowest BCUT2D eigenvalue weighted by molar-refractivity contribution is -0.145. The van der Waals surface area contributed by atoms with Crippen molar-refractivity contribution < 1.29 is 54.0 Å². The number of aliphatic carboxylic acids is 1. The summed E-state index contributed by atoms with van der Waals surface area (Å²) in [4.78, 5) is 105. The number of carboxylic acids is 1. The van der Waals surface area contributed by atoms with Crippen LogP contribution in [0.4, 0.5) is 0 Å². The molecule has 330 valence electrons. The number of benzene rings is 1. The molecule has 16 N–H and O–H groups in total. The van der Waals surface area contributed by atoms with Crippen molar-refractivity contribution >= 4 is 47.4 Å². The summed E-state index contributed by atoms with van der Waals surface area (Å²) in [5.74, 6) is -6.85. The van der Waals surface area contributed by atoms with Crippen molar-refractivity contribution in [3.63, 3.8) is 0 Å². The van der Waals surface area contributed by atoms with Crippen LogP contribution in [0.2, 0.25) is 0 Å². The van der Waals surface area contributed by atoms with E-state index in [1.165, 1.54) is 31.3 Å². The maximum atomic E-state index is 14.2. The number of nitrogens with two attached hydrogens (primary N) is 3. The van der Waals surface area contributed by atoms with Gasteiger partial charge < -0.3 is 74.1 Å². The highest BCUT2D eigenvalue weighted by Crippen LogP contribution is 2.20. The van der Waals surface area contributed by atoms with Crippen LogP contribution in [0.3, 0.4) is 0 Å². The Morgan fingerprint density at radius 1 is 0.867 bits per heavy atom. The predicted molar refractivity (Wildman–Crippen MR) is 213 cm³/mol. The lowest BCUT2D eigenvalue weighted by Crippen LogP contribution is -2.63. The number of hydrogen-bond acceptors (Lipinski definition) is 13. The number of H-pyrrole nitrogens is 1. The van der Waals surface area contributed by atoms with E-state index in [4.69, 9.17) is 17.2 Å². The zero-order valence-electron chi connectivity index (χ0n) is 33.3. The van der Waals surface area contributed by atoms with Gasteiger partial charge in [0.05, 0.1) is 25.1 Å². The van der Waals surface area contributed by atoms with E-state index in [0.717, 1.165) is 0 Å². The molecule has 1 fully saturated rings. The number of aliphatic hydroxyl groups is 3. The predicted octanol–water partition coefficient (Wildman–Crippen LogP) is -5.17. The summed E-state index contributed by atoms with van der Waals surface area (Å²) in [6.07, 6.45) is 0.187. The fraction of sp³-hybridized carbons (Fsp3) is 0.541. The number of rotatable bonds is 23. The van der Waals surface area contributed by atoms with Crippen molar-refractivity contribution in [2.75, 3.05) is 19.7 Å². The normalized spacial score (nSPS) is 17.6. The lowest BCUT2D eigenvalue weighted by atomic mass is 10.0. The molecule has 2 heterocycles. The number of hydrogen-bond donors (Lipinski definition) is 13. The topological polar surface area (TPSA) is 383 Å². The van der Waals surface area contributed by atoms with Gasteiger partial charge in [0.2, 0.25) is 35.4 Å². The summed E-state index contributed by atoms with van der Waals surface area (Å²) < 4.78 is 0. The molecule has 60 heavy (non-hydrogen) atoms. The SMILES string of the molecule is C[C@@H](O)[C@H](NC(=O)[C@H](Cc1ccccc1)NC(=O)[C@@H](NC(=O)[C@@H](N)CO)[C@@H](C)O)C(=O)N[C@@H](Cc1cnc[nH]1)C(=O)N1CCC[C@H]1C(=O)N[C@@H](CCCN=C(N)N)C(=O)O. The van der Waals surface area contributed by atoms with E-state index < -0.39 is 103 Å².